The summed E-state index contributed by atoms with van der Waals surface area (Å²) in [7, 11) is 0. The summed E-state index contributed by atoms with van der Waals surface area (Å²) in [5.41, 5.74) is 9.68. The van der Waals surface area contributed by atoms with Crippen molar-refractivity contribution >= 4 is 23.2 Å². The molecule has 3 aromatic rings. The van der Waals surface area contributed by atoms with Crippen LogP contribution in [0.2, 0.25) is 0 Å². The molecule has 9 heteroatoms. The summed E-state index contributed by atoms with van der Waals surface area (Å²) in [6.07, 6.45) is 2.76. The minimum absolute atomic E-state index is 0.0648. The first-order valence-corrected chi connectivity index (χ1v) is 16.1. The number of aryl methyl sites for hydroxylation is 1. The number of rotatable bonds is 12. The standard InChI is InChI=1S/C34H44N4O4S/c1-20(2)32(35)34(40)42-26-11-9-25(15-26)37-19-29-12-13-31(43-29)24-7-5-6-23(14-24)22(4)38-33(39)30-16-27(10-8-21(30)3)41-28-17-36-18-28/h5-8,10,12-14,16,20,22,25-26,28,32,36-37H,9,11,15,17-19,35H2,1-4H3,(H,38,39)/t22-,25+,26-,32+/m1/s1. The number of esters is 1. The van der Waals surface area contributed by atoms with Gasteiger partial charge in [0.1, 0.15) is 24.0 Å². The molecule has 2 heterocycles. The lowest BCUT2D eigenvalue weighted by Gasteiger charge is -2.28. The van der Waals surface area contributed by atoms with E-state index < -0.39 is 6.04 Å². The van der Waals surface area contributed by atoms with Gasteiger partial charge in [-0.2, -0.15) is 0 Å². The molecular formula is C34H44N4O4S. The summed E-state index contributed by atoms with van der Waals surface area (Å²) in [4.78, 5) is 27.9. The molecule has 0 spiro atoms. The SMILES string of the molecule is Cc1ccc(OC2CNC2)cc1C(=O)N[C@H](C)c1cccc(-c2ccc(CN[C@H]3CC[C@@H](OC(=O)[C@@H](N)C(C)C)C3)s2)c1. The van der Waals surface area contributed by atoms with E-state index in [1.165, 1.54) is 9.75 Å². The zero-order chi connectivity index (χ0) is 30.5. The van der Waals surface area contributed by atoms with Gasteiger partial charge < -0.3 is 31.2 Å². The summed E-state index contributed by atoms with van der Waals surface area (Å²) in [6.45, 7) is 10.3. The van der Waals surface area contributed by atoms with Crippen molar-refractivity contribution in [3.05, 3.63) is 76.2 Å². The van der Waals surface area contributed by atoms with Gasteiger partial charge in [-0.25, -0.2) is 0 Å². The van der Waals surface area contributed by atoms with Crippen molar-refractivity contribution in [2.45, 2.75) is 83.8 Å². The Hall–Kier alpha value is -3.24. The maximum absolute atomic E-state index is 13.2. The highest BCUT2D eigenvalue weighted by Gasteiger charge is 2.30. The lowest BCUT2D eigenvalue weighted by atomic mass is 10.0. The third-order valence-electron chi connectivity index (χ3n) is 8.40. The molecule has 0 bridgehead atoms. The van der Waals surface area contributed by atoms with Crippen LogP contribution in [0.25, 0.3) is 10.4 Å². The first kappa shape index (κ1) is 31.2. The van der Waals surface area contributed by atoms with Gasteiger partial charge >= 0.3 is 5.97 Å². The van der Waals surface area contributed by atoms with Crippen LogP contribution in [-0.2, 0) is 16.1 Å². The van der Waals surface area contributed by atoms with Crippen LogP contribution >= 0.6 is 11.3 Å². The van der Waals surface area contributed by atoms with Crippen molar-refractivity contribution in [2.75, 3.05) is 13.1 Å². The number of amides is 1. The van der Waals surface area contributed by atoms with Crippen LogP contribution in [-0.4, -0.2) is 49.3 Å². The van der Waals surface area contributed by atoms with Gasteiger partial charge in [-0.1, -0.05) is 38.1 Å². The van der Waals surface area contributed by atoms with E-state index in [2.05, 4.69) is 46.3 Å². The molecule has 230 valence electrons. The number of benzene rings is 2. The lowest BCUT2D eigenvalue weighted by Crippen LogP contribution is -2.50. The Morgan fingerprint density at radius 2 is 1.86 bits per heavy atom. The first-order valence-electron chi connectivity index (χ1n) is 15.3. The van der Waals surface area contributed by atoms with Gasteiger partial charge in [0.15, 0.2) is 0 Å². The number of carbonyl (C=O) groups is 2. The molecule has 0 unspecified atom stereocenters. The third-order valence-corrected chi connectivity index (χ3v) is 9.54. The smallest absolute Gasteiger partial charge is 0.323 e. The highest BCUT2D eigenvalue weighted by atomic mass is 32.1. The summed E-state index contributed by atoms with van der Waals surface area (Å²) >= 11 is 1.76. The number of hydrogen-bond donors (Lipinski definition) is 4. The molecule has 2 fully saturated rings. The minimum Gasteiger partial charge on any atom is -0.488 e. The van der Waals surface area contributed by atoms with Crippen molar-refractivity contribution in [1.82, 2.24) is 16.0 Å². The van der Waals surface area contributed by atoms with Gasteiger partial charge in [0.25, 0.3) is 5.91 Å². The van der Waals surface area contributed by atoms with Gasteiger partial charge in [-0.3, -0.25) is 9.59 Å². The Bertz CT molecular complexity index is 1420. The molecule has 1 aliphatic heterocycles. The second-order valence-electron chi connectivity index (χ2n) is 12.2. The summed E-state index contributed by atoms with van der Waals surface area (Å²) in [6, 6.07) is 18.0. The average Bonchev–Trinajstić information content (AvgIpc) is 3.63. The minimum atomic E-state index is -0.565. The van der Waals surface area contributed by atoms with E-state index in [0.717, 1.165) is 61.3 Å². The van der Waals surface area contributed by atoms with Crippen LogP contribution in [0.1, 0.15) is 72.4 Å². The molecule has 2 aromatic carbocycles. The van der Waals surface area contributed by atoms with Crippen molar-refractivity contribution in [2.24, 2.45) is 11.7 Å². The van der Waals surface area contributed by atoms with E-state index in [4.69, 9.17) is 15.2 Å². The van der Waals surface area contributed by atoms with Crippen LogP contribution < -0.4 is 26.4 Å². The Labute approximate surface area is 258 Å². The molecular weight excluding hydrogens is 560 g/mol. The maximum atomic E-state index is 13.2. The van der Waals surface area contributed by atoms with Gasteiger partial charge in [0, 0.05) is 41.0 Å². The first-order chi connectivity index (χ1) is 20.7. The average molecular weight is 605 g/mol. The van der Waals surface area contributed by atoms with Crippen LogP contribution in [0.4, 0.5) is 0 Å². The fourth-order valence-electron chi connectivity index (χ4n) is 5.40. The third kappa shape index (κ3) is 8.03. The lowest BCUT2D eigenvalue weighted by molar-refractivity contribution is -0.151. The van der Waals surface area contributed by atoms with Gasteiger partial charge in [0.2, 0.25) is 0 Å². The quantitative estimate of drug-likeness (QED) is 0.213. The molecule has 5 rings (SSSR count). The fourth-order valence-corrected chi connectivity index (χ4v) is 6.35. The zero-order valence-electron chi connectivity index (χ0n) is 25.5. The highest BCUT2D eigenvalue weighted by molar-refractivity contribution is 7.15. The molecule has 1 saturated carbocycles. The monoisotopic (exact) mass is 604 g/mol. The molecule has 1 saturated heterocycles. The van der Waals surface area contributed by atoms with Crippen molar-refractivity contribution in [3.8, 4) is 16.2 Å². The Morgan fingerprint density at radius 3 is 2.60 bits per heavy atom. The zero-order valence-corrected chi connectivity index (χ0v) is 26.3. The van der Waals surface area contributed by atoms with Crippen molar-refractivity contribution in [3.63, 3.8) is 0 Å². The van der Waals surface area contributed by atoms with Crippen LogP contribution in [0.3, 0.4) is 0 Å². The number of nitrogens with two attached hydrogens (primary N) is 1. The Morgan fingerprint density at radius 1 is 1.05 bits per heavy atom. The molecule has 0 radical (unpaired) electrons. The molecule has 1 aromatic heterocycles. The molecule has 4 atom stereocenters. The van der Waals surface area contributed by atoms with Crippen LogP contribution in [0, 0.1) is 12.8 Å². The maximum Gasteiger partial charge on any atom is 0.323 e. The fraction of sp³-hybridized carbons (Fsp3) is 0.471. The topological polar surface area (TPSA) is 115 Å². The molecule has 43 heavy (non-hydrogen) atoms. The molecule has 1 aliphatic carbocycles. The normalized spacial score (nSPS) is 20.0. The van der Waals surface area contributed by atoms with E-state index in [0.29, 0.717) is 11.6 Å². The predicted molar refractivity (Wildman–Crippen MR) is 171 cm³/mol. The van der Waals surface area contributed by atoms with Gasteiger partial charge in [-0.05, 0) is 86.1 Å². The second-order valence-corrected chi connectivity index (χ2v) is 13.3. The van der Waals surface area contributed by atoms with Crippen LogP contribution in [0.5, 0.6) is 5.75 Å². The number of carbonyl (C=O) groups excluding carboxylic acids is 2. The van der Waals surface area contributed by atoms with E-state index in [9.17, 15) is 9.59 Å². The number of hydrogen-bond acceptors (Lipinski definition) is 8. The van der Waals surface area contributed by atoms with Crippen LogP contribution in [0.15, 0.2) is 54.6 Å². The largest absolute Gasteiger partial charge is 0.488 e. The van der Waals surface area contributed by atoms with E-state index >= 15 is 0 Å². The van der Waals surface area contributed by atoms with Gasteiger partial charge in [0.05, 0.1) is 6.04 Å². The predicted octanol–water partition coefficient (Wildman–Crippen LogP) is 5.10. The van der Waals surface area contributed by atoms with Gasteiger partial charge in [-0.15, -0.1) is 11.3 Å². The van der Waals surface area contributed by atoms with E-state index in [-0.39, 0.29) is 36.0 Å². The number of thiophene rings is 1. The van der Waals surface area contributed by atoms with Crippen molar-refractivity contribution in [1.29, 1.82) is 0 Å². The molecule has 8 nitrogen and oxygen atoms in total. The number of nitrogens with one attached hydrogen (secondary N) is 3. The second kappa shape index (κ2) is 14.0. The number of ether oxygens (including phenoxy) is 2. The van der Waals surface area contributed by atoms with E-state index in [1.54, 1.807) is 11.3 Å². The molecule has 1 amide bonds. The summed E-state index contributed by atoms with van der Waals surface area (Å²) in [5.74, 6) is 0.391. The van der Waals surface area contributed by atoms with E-state index in [1.807, 2.05) is 52.0 Å². The molecule has 2 aliphatic rings. The summed E-state index contributed by atoms with van der Waals surface area (Å²) < 4.78 is 11.6. The molecule has 5 N–H and O–H groups in total. The Kier molecular flexibility index (Phi) is 10.2. The summed E-state index contributed by atoms with van der Waals surface area (Å²) in [5, 5.41) is 10.0. The van der Waals surface area contributed by atoms with Crippen molar-refractivity contribution < 1.29 is 19.1 Å². The highest BCUT2D eigenvalue weighted by Crippen LogP contribution is 2.31. The Balaban J connectivity index is 1.14.